The molecule has 0 aliphatic heterocycles. The molecular weight excluding hydrogens is 282 g/mol. The van der Waals surface area contributed by atoms with Crippen molar-refractivity contribution in [1.29, 1.82) is 0 Å². The molecule has 1 aliphatic carbocycles. The predicted molar refractivity (Wildman–Crippen MR) is 95.8 cm³/mol. The molecule has 0 spiro atoms. The van der Waals surface area contributed by atoms with E-state index in [2.05, 4.69) is 60.6 Å². The van der Waals surface area contributed by atoms with Crippen molar-refractivity contribution in [1.82, 2.24) is 0 Å². The molecule has 2 nitrogen and oxygen atoms in total. The van der Waals surface area contributed by atoms with Crippen molar-refractivity contribution in [2.75, 3.05) is 0 Å². The Morgan fingerprint density at radius 3 is 2.35 bits per heavy atom. The van der Waals surface area contributed by atoms with Gasteiger partial charge in [0.25, 0.3) is 0 Å². The highest BCUT2D eigenvalue weighted by molar-refractivity contribution is 5.79. The molecule has 2 heteroatoms. The predicted octanol–water partition coefficient (Wildman–Crippen LogP) is 5.59. The molecule has 1 aliphatic rings. The first-order chi connectivity index (χ1) is 11.3. The van der Waals surface area contributed by atoms with Gasteiger partial charge in [-0.05, 0) is 42.4 Å². The van der Waals surface area contributed by atoms with Gasteiger partial charge < -0.3 is 4.84 Å². The quantitative estimate of drug-likeness (QED) is 0.521. The van der Waals surface area contributed by atoms with E-state index in [-0.39, 0.29) is 0 Å². The third-order valence-corrected chi connectivity index (χ3v) is 4.64. The first-order valence-corrected chi connectivity index (χ1v) is 8.62. The van der Waals surface area contributed by atoms with Gasteiger partial charge >= 0.3 is 0 Å². The van der Waals surface area contributed by atoms with E-state index in [1.54, 1.807) is 6.21 Å². The number of oxime groups is 1. The van der Waals surface area contributed by atoms with Crippen LogP contribution < -0.4 is 0 Å². The maximum atomic E-state index is 5.38. The van der Waals surface area contributed by atoms with Gasteiger partial charge in [0.05, 0.1) is 6.21 Å². The summed E-state index contributed by atoms with van der Waals surface area (Å²) in [6, 6.07) is 17.1. The van der Waals surface area contributed by atoms with Crippen molar-refractivity contribution < 1.29 is 4.84 Å². The molecule has 1 fully saturated rings. The molecule has 0 N–H and O–H groups in total. The van der Waals surface area contributed by atoms with E-state index in [4.69, 9.17) is 4.84 Å². The van der Waals surface area contributed by atoms with E-state index in [1.165, 1.54) is 43.2 Å². The lowest BCUT2D eigenvalue weighted by Gasteiger charge is -2.21. The standard InChI is InChI=1S/C21H25NO/c1-17-7-9-19(10-8-17)16-23-22-15-18-11-13-21(14-12-18)20-5-3-2-4-6-20/h7-15,20H,2-6,16H2,1H3. The van der Waals surface area contributed by atoms with Crippen LogP contribution in [-0.2, 0) is 11.4 Å². The average Bonchev–Trinajstić information content (AvgIpc) is 2.62. The lowest BCUT2D eigenvalue weighted by atomic mass is 9.84. The summed E-state index contributed by atoms with van der Waals surface area (Å²) in [5.74, 6) is 0.757. The zero-order chi connectivity index (χ0) is 15.9. The third kappa shape index (κ3) is 4.69. The second-order valence-electron chi connectivity index (χ2n) is 6.50. The molecule has 0 radical (unpaired) electrons. The Morgan fingerprint density at radius 2 is 1.65 bits per heavy atom. The Hall–Kier alpha value is -2.09. The highest BCUT2D eigenvalue weighted by atomic mass is 16.6. The fraction of sp³-hybridized carbons (Fsp3) is 0.381. The monoisotopic (exact) mass is 307 g/mol. The summed E-state index contributed by atoms with van der Waals surface area (Å²) in [5, 5.41) is 4.08. The molecule has 0 saturated heterocycles. The number of benzene rings is 2. The minimum atomic E-state index is 0.511. The summed E-state index contributed by atoms with van der Waals surface area (Å²) in [7, 11) is 0. The Balaban J connectivity index is 1.50. The number of hydrogen-bond acceptors (Lipinski definition) is 2. The molecule has 1 saturated carbocycles. The maximum Gasteiger partial charge on any atom is 0.142 e. The van der Waals surface area contributed by atoms with E-state index >= 15 is 0 Å². The summed E-state index contributed by atoms with van der Waals surface area (Å²) >= 11 is 0. The van der Waals surface area contributed by atoms with Crippen LogP contribution in [0.3, 0.4) is 0 Å². The molecule has 2 aromatic rings. The maximum absolute atomic E-state index is 5.38. The zero-order valence-corrected chi connectivity index (χ0v) is 13.9. The second-order valence-corrected chi connectivity index (χ2v) is 6.50. The minimum Gasteiger partial charge on any atom is -0.391 e. The fourth-order valence-corrected chi connectivity index (χ4v) is 3.18. The van der Waals surface area contributed by atoms with Gasteiger partial charge in [0.1, 0.15) is 6.61 Å². The van der Waals surface area contributed by atoms with Crippen molar-refractivity contribution in [2.45, 2.75) is 51.6 Å². The van der Waals surface area contributed by atoms with Gasteiger partial charge in [-0.3, -0.25) is 0 Å². The summed E-state index contributed by atoms with van der Waals surface area (Å²) in [6.45, 7) is 2.59. The summed E-state index contributed by atoms with van der Waals surface area (Å²) in [6.07, 6.45) is 8.63. The van der Waals surface area contributed by atoms with E-state index in [1.807, 2.05) is 0 Å². The number of aryl methyl sites for hydroxylation is 1. The summed E-state index contributed by atoms with van der Waals surface area (Å²) in [4.78, 5) is 5.38. The lowest BCUT2D eigenvalue weighted by Crippen LogP contribution is -2.04. The number of rotatable bonds is 5. The van der Waals surface area contributed by atoms with Crippen LogP contribution >= 0.6 is 0 Å². The van der Waals surface area contributed by atoms with E-state index in [9.17, 15) is 0 Å². The van der Waals surface area contributed by atoms with Gasteiger partial charge in [0, 0.05) is 0 Å². The molecular formula is C21H25NO. The van der Waals surface area contributed by atoms with Crippen LogP contribution in [0.2, 0.25) is 0 Å². The molecule has 120 valence electrons. The van der Waals surface area contributed by atoms with Crippen LogP contribution in [0.25, 0.3) is 0 Å². The summed E-state index contributed by atoms with van der Waals surface area (Å²) in [5.41, 5.74) is 4.96. The van der Waals surface area contributed by atoms with Crippen LogP contribution in [0, 0.1) is 6.92 Å². The van der Waals surface area contributed by atoms with Crippen LogP contribution in [0.15, 0.2) is 53.7 Å². The van der Waals surface area contributed by atoms with Crippen LogP contribution in [0.5, 0.6) is 0 Å². The first-order valence-electron chi connectivity index (χ1n) is 8.62. The Kier molecular flexibility index (Phi) is 5.46. The second kappa shape index (κ2) is 7.96. The molecule has 0 bridgehead atoms. The first kappa shape index (κ1) is 15.8. The van der Waals surface area contributed by atoms with Gasteiger partial charge in [0.2, 0.25) is 0 Å². The van der Waals surface area contributed by atoms with Crippen molar-refractivity contribution in [3.8, 4) is 0 Å². The Morgan fingerprint density at radius 1 is 0.957 bits per heavy atom. The molecule has 2 aromatic carbocycles. The highest BCUT2D eigenvalue weighted by Gasteiger charge is 2.14. The SMILES string of the molecule is Cc1ccc(CON=Cc2ccc(C3CCCCC3)cc2)cc1. The minimum absolute atomic E-state index is 0.511. The summed E-state index contributed by atoms with van der Waals surface area (Å²) < 4.78 is 0. The van der Waals surface area contributed by atoms with Gasteiger partial charge in [-0.1, -0.05) is 78.5 Å². The Labute approximate surface area is 139 Å². The topological polar surface area (TPSA) is 21.6 Å². The molecule has 0 aromatic heterocycles. The van der Waals surface area contributed by atoms with Gasteiger partial charge in [-0.2, -0.15) is 0 Å². The zero-order valence-electron chi connectivity index (χ0n) is 13.9. The molecule has 0 heterocycles. The molecule has 3 rings (SSSR count). The largest absolute Gasteiger partial charge is 0.391 e. The van der Waals surface area contributed by atoms with Crippen molar-refractivity contribution in [3.05, 3.63) is 70.8 Å². The number of nitrogens with zero attached hydrogens (tertiary/aromatic N) is 1. The average molecular weight is 307 g/mol. The van der Waals surface area contributed by atoms with Gasteiger partial charge in [0.15, 0.2) is 0 Å². The van der Waals surface area contributed by atoms with E-state index in [0.717, 1.165) is 17.0 Å². The van der Waals surface area contributed by atoms with Crippen LogP contribution in [-0.4, -0.2) is 6.21 Å². The third-order valence-electron chi connectivity index (χ3n) is 4.64. The van der Waals surface area contributed by atoms with Gasteiger partial charge in [-0.25, -0.2) is 0 Å². The Bertz CT molecular complexity index is 622. The van der Waals surface area contributed by atoms with Crippen molar-refractivity contribution in [3.63, 3.8) is 0 Å². The molecule has 0 amide bonds. The van der Waals surface area contributed by atoms with E-state index < -0.39 is 0 Å². The lowest BCUT2D eigenvalue weighted by molar-refractivity contribution is 0.132. The van der Waals surface area contributed by atoms with Crippen molar-refractivity contribution >= 4 is 6.21 Å². The van der Waals surface area contributed by atoms with Crippen molar-refractivity contribution in [2.24, 2.45) is 5.16 Å². The fourth-order valence-electron chi connectivity index (χ4n) is 3.18. The normalized spacial score (nSPS) is 15.9. The smallest absolute Gasteiger partial charge is 0.142 e. The molecule has 23 heavy (non-hydrogen) atoms. The van der Waals surface area contributed by atoms with Gasteiger partial charge in [-0.15, -0.1) is 0 Å². The number of hydrogen-bond donors (Lipinski definition) is 0. The molecule has 0 atom stereocenters. The molecule has 0 unspecified atom stereocenters. The van der Waals surface area contributed by atoms with Crippen LogP contribution in [0.1, 0.15) is 60.3 Å². The van der Waals surface area contributed by atoms with E-state index in [0.29, 0.717) is 6.61 Å². The highest BCUT2D eigenvalue weighted by Crippen LogP contribution is 2.32. The van der Waals surface area contributed by atoms with Crippen LogP contribution in [0.4, 0.5) is 0 Å².